The van der Waals surface area contributed by atoms with E-state index in [1.807, 2.05) is 13.8 Å². The first-order chi connectivity index (χ1) is 8.36. The Kier molecular flexibility index (Phi) is 4.42. The third-order valence-corrected chi connectivity index (χ3v) is 2.91. The maximum absolute atomic E-state index is 12.0. The van der Waals surface area contributed by atoms with Gasteiger partial charge in [-0.2, -0.15) is 0 Å². The van der Waals surface area contributed by atoms with Crippen LogP contribution in [0.1, 0.15) is 42.7 Å². The Bertz CT molecular complexity index is 442. The highest BCUT2D eigenvalue weighted by Gasteiger charge is 2.27. The summed E-state index contributed by atoms with van der Waals surface area (Å²) in [5, 5.41) is 11.6. The minimum atomic E-state index is -0.929. The smallest absolute Gasteiger partial charge is 0.305 e. The van der Waals surface area contributed by atoms with Crippen LogP contribution in [-0.2, 0) is 4.79 Å². The molecule has 0 radical (unpaired) electrons. The van der Waals surface area contributed by atoms with Gasteiger partial charge in [0.2, 0.25) is 0 Å². The van der Waals surface area contributed by atoms with Crippen molar-refractivity contribution in [3.8, 4) is 0 Å². The summed E-state index contributed by atoms with van der Waals surface area (Å²) < 4.78 is 0. The standard InChI is InChI=1S/C13H18N2O3/c1-4-13(3,7-11(16)17)15-12(18)10-6-5-9(2)14-8-10/h5-6,8H,4,7H2,1-3H3,(H,15,18)(H,16,17). The van der Waals surface area contributed by atoms with Gasteiger partial charge in [0.25, 0.3) is 5.91 Å². The zero-order valence-electron chi connectivity index (χ0n) is 10.9. The number of pyridine rings is 1. The van der Waals surface area contributed by atoms with Gasteiger partial charge in [0.1, 0.15) is 0 Å². The van der Waals surface area contributed by atoms with Crippen molar-refractivity contribution < 1.29 is 14.7 Å². The second kappa shape index (κ2) is 5.62. The fourth-order valence-electron chi connectivity index (χ4n) is 1.54. The Hall–Kier alpha value is -1.91. The molecule has 0 aliphatic carbocycles. The molecule has 98 valence electrons. The summed E-state index contributed by atoms with van der Waals surface area (Å²) in [4.78, 5) is 26.8. The summed E-state index contributed by atoms with van der Waals surface area (Å²) >= 11 is 0. The van der Waals surface area contributed by atoms with Crippen LogP contribution in [0.15, 0.2) is 18.3 Å². The highest BCUT2D eigenvalue weighted by atomic mass is 16.4. The number of nitrogens with one attached hydrogen (secondary N) is 1. The molecule has 1 unspecified atom stereocenters. The van der Waals surface area contributed by atoms with Crippen LogP contribution in [-0.4, -0.2) is 27.5 Å². The number of carboxylic acids is 1. The molecule has 5 nitrogen and oxygen atoms in total. The lowest BCUT2D eigenvalue weighted by Gasteiger charge is -2.27. The summed E-state index contributed by atoms with van der Waals surface area (Å²) in [6.07, 6.45) is 1.93. The maximum atomic E-state index is 12.0. The number of hydrogen-bond donors (Lipinski definition) is 2. The van der Waals surface area contributed by atoms with Gasteiger partial charge in [-0.3, -0.25) is 14.6 Å². The van der Waals surface area contributed by atoms with E-state index in [1.54, 1.807) is 19.1 Å². The van der Waals surface area contributed by atoms with E-state index in [1.165, 1.54) is 6.20 Å². The second-order valence-electron chi connectivity index (χ2n) is 4.63. The number of aliphatic carboxylic acids is 1. The van der Waals surface area contributed by atoms with Crippen molar-refractivity contribution in [1.82, 2.24) is 10.3 Å². The van der Waals surface area contributed by atoms with Gasteiger partial charge in [-0.1, -0.05) is 6.92 Å². The first-order valence-electron chi connectivity index (χ1n) is 5.83. The van der Waals surface area contributed by atoms with Crippen molar-refractivity contribution in [2.24, 2.45) is 0 Å². The predicted molar refractivity (Wildman–Crippen MR) is 67.4 cm³/mol. The topological polar surface area (TPSA) is 79.3 Å². The average Bonchev–Trinajstić information content (AvgIpc) is 2.28. The van der Waals surface area contributed by atoms with E-state index in [9.17, 15) is 9.59 Å². The minimum absolute atomic E-state index is 0.103. The molecule has 1 atom stereocenters. The van der Waals surface area contributed by atoms with Crippen molar-refractivity contribution in [3.63, 3.8) is 0 Å². The van der Waals surface area contributed by atoms with Crippen LogP contribution in [0.5, 0.6) is 0 Å². The van der Waals surface area contributed by atoms with Crippen molar-refractivity contribution >= 4 is 11.9 Å². The van der Waals surface area contributed by atoms with Gasteiger partial charge in [-0.25, -0.2) is 0 Å². The molecule has 1 amide bonds. The zero-order valence-corrected chi connectivity index (χ0v) is 10.9. The maximum Gasteiger partial charge on any atom is 0.305 e. The van der Waals surface area contributed by atoms with Crippen LogP contribution >= 0.6 is 0 Å². The molecule has 0 aliphatic heterocycles. The van der Waals surface area contributed by atoms with E-state index in [4.69, 9.17) is 5.11 Å². The first-order valence-corrected chi connectivity index (χ1v) is 5.83. The van der Waals surface area contributed by atoms with Crippen LogP contribution in [0.3, 0.4) is 0 Å². The summed E-state index contributed by atoms with van der Waals surface area (Å²) in [6.45, 7) is 5.40. The van der Waals surface area contributed by atoms with Gasteiger partial charge >= 0.3 is 5.97 Å². The second-order valence-corrected chi connectivity index (χ2v) is 4.63. The van der Waals surface area contributed by atoms with E-state index in [-0.39, 0.29) is 12.3 Å². The molecule has 1 heterocycles. The number of amides is 1. The van der Waals surface area contributed by atoms with Gasteiger partial charge in [0.05, 0.1) is 12.0 Å². The highest BCUT2D eigenvalue weighted by molar-refractivity contribution is 5.94. The fourth-order valence-corrected chi connectivity index (χ4v) is 1.54. The molecule has 0 spiro atoms. The molecule has 5 heteroatoms. The number of hydrogen-bond acceptors (Lipinski definition) is 3. The Morgan fingerprint density at radius 1 is 1.44 bits per heavy atom. The van der Waals surface area contributed by atoms with Crippen LogP contribution in [0.2, 0.25) is 0 Å². The molecule has 0 bridgehead atoms. The predicted octanol–water partition coefficient (Wildman–Crippen LogP) is 1.76. The van der Waals surface area contributed by atoms with Gasteiger partial charge in [0.15, 0.2) is 0 Å². The molecule has 0 fully saturated rings. The number of carboxylic acid groups (broad SMARTS) is 1. The summed E-state index contributed by atoms with van der Waals surface area (Å²) in [5.41, 5.74) is 0.523. The number of carbonyl (C=O) groups excluding carboxylic acids is 1. The Morgan fingerprint density at radius 2 is 2.11 bits per heavy atom. The summed E-state index contributed by atoms with van der Waals surface area (Å²) in [6, 6.07) is 3.42. The molecule has 1 aromatic heterocycles. The Balaban J connectivity index is 2.79. The summed E-state index contributed by atoms with van der Waals surface area (Å²) in [7, 11) is 0. The quantitative estimate of drug-likeness (QED) is 0.834. The van der Waals surface area contributed by atoms with Gasteiger partial charge in [-0.05, 0) is 32.4 Å². The largest absolute Gasteiger partial charge is 0.481 e. The number of nitrogens with zero attached hydrogens (tertiary/aromatic N) is 1. The number of carbonyl (C=O) groups is 2. The molecule has 18 heavy (non-hydrogen) atoms. The molecular formula is C13H18N2O3. The molecule has 0 saturated carbocycles. The van der Waals surface area contributed by atoms with Gasteiger partial charge in [0, 0.05) is 17.4 Å². The average molecular weight is 250 g/mol. The van der Waals surface area contributed by atoms with Crippen LogP contribution in [0.4, 0.5) is 0 Å². The molecule has 1 rings (SSSR count). The number of aromatic nitrogens is 1. The molecular weight excluding hydrogens is 232 g/mol. The van der Waals surface area contributed by atoms with Gasteiger partial charge in [-0.15, -0.1) is 0 Å². The van der Waals surface area contributed by atoms with Crippen molar-refractivity contribution in [3.05, 3.63) is 29.6 Å². The Morgan fingerprint density at radius 3 is 2.56 bits per heavy atom. The van der Waals surface area contributed by atoms with Crippen LogP contribution in [0.25, 0.3) is 0 Å². The molecule has 2 N–H and O–H groups in total. The lowest BCUT2D eigenvalue weighted by Crippen LogP contribution is -2.47. The zero-order chi connectivity index (χ0) is 13.8. The molecule has 0 aliphatic rings. The van der Waals surface area contributed by atoms with Crippen molar-refractivity contribution in [1.29, 1.82) is 0 Å². The first kappa shape index (κ1) is 14.2. The van der Waals surface area contributed by atoms with Crippen LogP contribution < -0.4 is 5.32 Å². The molecule has 0 saturated heterocycles. The number of aryl methyl sites for hydroxylation is 1. The summed E-state index contributed by atoms with van der Waals surface area (Å²) in [5.74, 6) is -1.23. The monoisotopic (exact) mass is 250 g/mol. The van der Waals surface area contributed by atoms with Crippen molar-refractivity contribution in [2.75, 3.05) is 0 Å². The molecule has 1 aromatic rings. The van der Waals surface area contributed by atoms with E-state index in [0.29, 0.717) is 12.0 Å². The Labute approximate surface area is 106 Å². The lowest BCUT2D eigenvalue weighted by atomic mass is 9.94. The van der Waals surface area contributed by atoms with E-state index in [2.05, 4.69) is 10.3 Å². The normalized spacial score (nSPS) is 13.7. The third-order valence-electron chi connectivity index (χ3n) is 2.91. The van der Waals surface area contributed by atoms with E-state index in [0.717, 1.165) is 5.69 Å². The fraction of sp³-hybridized carbons (Fsp3) is 0.462. The SMILES string of the molecule is CCC(C)(CC(=O)O)NC(=O)c1ccc(C)nc1. The van der Waals surface area contributed by atoms with E-state index >= 15 is 0 Å². The highest BCUT2D eigenvalue weighted by Crippen LogP contribution is 2.15. The van der Waals surface area contributed by atoms with Crippen LogP contribution in [0, 0.1) is 6.92 Å². The third kappa shape index (κ3) is 3.84. The van der Waals surface area contributed by atoms with Gasteiger partial charge < -0.3 is 10.4 Å². The molecule has 0 aromatic carbocycles. The minimum Gasteiger partial charge on any atom is -0.481 e. The van der Waals surface area contributed by atoms with E-state index < -0.39 is 11.5 Å². The lowest BCUT2D eigenvalue weighted by molar-refractivity contribution is -0.138. The van der Waals surface area contributed by atoms with Crippen molar-refractivity contribution in [2.45, 2.75) is 39.2 Å². The number of rotatable bonds is 5.